The molecule has 17 heavy (non-hydrogen) atoms. The molecule has 0 radical (unpaired) electrons. The molecule has 0 aliphatic heterocycles. The van der Waals surface area contributed by atoms with Crippen molar-refractivity contribution >= 4 is 11.6 Å². The van der Waals surface area contributed by atoms with Crippen molar-refractivity contribution in [1.29, 1.82) is 0 Å². The number of rotatable bonds is 5. The number of Topliss-reactive ketones (excluding diaryl/α,β-unsaturated/α-hetero) is 2. The number of ketones is 2. The van der Waals surface area contributed by atoms with Crippen molar-refractivity contribution in [3.05, 3.63) is 0 Å². The Bertz CT molecular complexity index is 337. The van der Waals surface area contributed by atoms with Gasteiger partial charge in [-0.1, -0.05) is 27.7 Å². The van der Waals surface area contributed by atoms with Gasteiger partial charge in [-0.3, -0.25) is 9.59 Å². The molecule has 4 atom stereocenters. The van der Waals surface area contributed by atoms with Gasteiger partial charge in [0.15, 0.2) is 0 Å². The summed E-state index contributed by atoms with van der Waals surface area (Å²) in [7, 11) is 0. The predicted molar refractivity (Wildman–Crippen MR) is 67.6 cm³/mol. The maximum atomic E-state index is 12.0. The molecular weight excluding hydrogens is 212 g/mol. The second-order valence-corrected chi connectivity index (χ2v) is 6.87. The SMILES string of the molecule is CCC(=O)[C@@H]1CC1CC1C[C@@H]1C(=O)C(C)(C)C. The Morgan fingerprint density at radius 3 is 2.12 bits per heavy atom. The smallest absolute Gasteiger partial charge is 0.141 e. The molecule has 2 heteroatoms. The largest absolute Gasteiger partial charge is 0.299 e. The number of hydrogen-bond donors (Lipinski definition) is 0. The highest BCUT2D eigenvalue weighted by atomic mass is 16.1. The fourth-order valence-corrected chi connectivity index (χ4v) is 2.94. The molecule has 0 spiro atoms. The van der Waals surface area contributed by atoms with Gasteiger partial charge in [-0.05, 0) is 31.1 Å². The van der Waals surface area contributed by atoms with E-state index in [1.807, 2.05) is 27.7 Å². The molecule has 0 amide bonds. The van der Waals surface area contributed by atoms with Crippen LogP contribution in [0.25, 0.3) is 0 Å². The van der Waals surface area contributed by atoms with Crippen molar-refractivity contribution < 1.29 is 9.59 Å². The first kappa shape index (κ1) is 12.8. The van der Waals surface area contributed by atoms with Crippen LogP contribution in [0.15, 0.2) is 0 Å². The number of hydrogen-bond acceptors (Lipinski definition) is 2. The molecule has 0 bridgehead atoms. The van der Waals surface area contributed by atoms with Crippen molar-refractivity contribution in [2.24, 2.45) is 29.1 Å². The summed E-state index contributed by atoms with van der Waals surface area (Å²) in [5, 5.41) is 0. The van der Waals surface area contributed by atoms with Gasteiger partial charge in [-0.2, -0.15) is 0 Å². The summed E-state index contributed by atoms with van der Waals surface area (Å²) < 4.78 is 0. The minimum Gasteiger partial charge on any atom is -0.299 e. The van der Waals surface area contributed by atoms with Crippen molar-refractivity contribution in [2.75, 3.05) is 0 Å². The maximum absolute atomic E-state index is 12.0. The van der Waals surface area contributed by atoms with Crippen molar-refractivity contribution in [3.8, 4) is 0 Å². The first-order chi connectivity index (χ1) is 7.84. The fourth-order valence-electron chi connectivity index (χ4n) is 2.94. The van der Waals surface area contributed by atoms with E-state index in [-0.39, 0.29) is 5.41 Å². The molecule has 0 saturated heterocycles. The average molecular weight is 236 g/mol. The van der Waals surface area contributed by atoms with Gasteiger partial charge in [0.05, 0.1) is 0 Å². The fraction of sp³-hybridized carbons (Fsp3) is 0.867. The Kier molecular flexibility index (Phi) is 3.17. The summed E-state index contributed by atoms with van der Waals surface area (Å²) >= 11 is 0. The zero-order valence-corrected chi connectivity index (χ0v) is 11.5. The van der Waals surface area contributed by atoms with Crippen molar-refractivity contribution in [1.82, 2.24) is 0 Å². The Labute approximate surface area is 104 Å². The monoisotopic (exact) mass is 236 g/mol. The highest BCUT2D eigenvalue weighted by Crippen LogP contribution is 2.53. The van der Waals surface area contributed by atoms with Crippen LogP contribution in [0.4, 0.5) is 0 Å². The molecule has 96 valence electrons. The van der Waals surface area contributed by atoms with E-state index in [0.29, 0.717) is 41.7 Å². The lowest BCUT2D eigenvalue weighted by atomic mass is 9.87. The lowest BCUT2D eigenvalue weighted by Gasteiger charge is -2.16. The first-order valence-electron chi connectivity index (χ1n) is 6.91. The van der Waals surface area contributed by atoms with Crippen molar-refractivity contribution in [2.45, 2.75) is 53.4 Å². The quantitative estimate of drug-likeness (QED) is 0.734. The molecule has 0 heterocycles. The molecule has 2 rings (SSSR count). The molecule has 2 fully saturated rings. The predicted octanol–water partition coefficient (Wildman–Crippen LogP) is 3.24. The van der Waals surface area contributed by atoms with Gasteiger partial charge in [-0.15, -0.1) is 0 Å². The second kappa shape index (κ2) is 4.22. The molecular formula is C15H24O2. The van der Waals surface area contributed by atoms with Crippen LogP contribution in [0.5, 0.6) is 0 Å². The zero-order chi connectivity index (χ0) is 12.8. The van der Waals surface area contributed by atoms with E-state index in [1.165, 1.54) is 0 Å². The molecule has 0 aromatic heterocycles. The van der Waals surface area contributed by atoms with Crippen LogP contribution in [0.1, 0.15) is 53.4 Å². The van der Waals surface area contributed by atoms with Crippen LogP contribution in [-0.4, -0.2) is 11.6 Å². The number of carbonyl (C=O) groups is 2. The molecule has 2 aliphatic rings. The van der Waals surface area contributed by atoms with E-state index in [9.17, 15) is 9.59 Å². The van der Waals surface area contributed by atoms with Crippen LogP contribution in [0.3, 0.4) is 0 Å². The molecule has 2 aliphatic carbocycles. The molecule has 2 unspecified atom stereocenters. The van der Waals surface area contributed by atoms with Crippen LogP contribution in [-0.2, 0) is 9.59 Å². The third-order valence-electron chi connectivity index (χ3n) is 4.29. The van der Waals surface area contributed by atoms with Gasteiger partial charge in [0.25, 0.3) is 0 Å². The molecule has 0 N–H and O–H groups in total. The standard InChI is InChI=1S/C15H24O2/c1-5-13(16)11-7-9(11)6-10-8-12(10)14(17)15(2,3)4/h9-12H,5-8H2,1-4H3/t9?,10?,11-,12+/m1/s1. The first-order valence-corrected chi connectivity index (χ1v) is 6.91. The van der Waals surface area contributed by atoms with Crippen LogP contribution in [0, 0.1) is 29.1 Å². The van der Waals surface area contributed by atoms with E-state index in [1.54, 1.807) is 0 Å². The van der Waals surface area contributed by atoms with Gasteiger partial charge < -0.3 is 0 Å². The van der Waals surface area contributed by atoms with E-state index in [4.69, 9.17) is 0 Å². The molecule has 2 nitrogen and oxygen atoms in total. The summed E-state index contributed by atoms with van der Waals surface area (Å²) in [4.78, 5) is 23.5. The summed E-state index contributed by atoms with van der Waals surface area (Å²) in [6, 6.07) is 0. The van der Waals surface area contributed by atoms with E-state index >= 15 is 0 Å². The van der Waals surface area contributed by atoms with Gasteiger partial charge in [0.1, 0.15) is 11.6 Å². The lowest BCUT2D eigenvalue weighted by molar-refractivity contribution is -0.127. The highest BCUT2D eigenvalue weighted by Gasteiger charge is 2.51. The van der Waals surface area contributed by atoms with Crippen molar-refractivity contribution in [3.63, 3.8) is 0 Å². The molecule has 2 saturated carbocycles. The molecule has 0 aromatic carbocycles. The number of carbonyl (C=O) groups excluding carboxylic acids is 2. The summed E-state index contributed by atoms with van der Waals surface area (Å²) in [5.41, 5.74) is -0.193. The topological polar surface area (TPSA) is 34.1 Å². The van der Waals surface area contributed by atoms with Crippen LogP contribution < -0.4 is 0 Å². The van der Waals surface area contributed by atoms with Gasteiger partial charge in [0.2, 0.25) is 0 Å². The van der Waals surface area contributed by atoms with Gasteiger partial charge in [0, 0.05) is 23.7 Å². The van der Waals surface area contributed by atoms with Gasteiger partial charge in [-0.25, -0.2) is 0 Å². The maximum Gasteiger partial charge on any atom is 0.141 e. The minimum absolute atomic E-state index is 0.193. The molecule has 0 aromatic rings. The van der Waals surface area contributed by atoms with E-state index in [2.05, 4.69) is 0 Å². The average Bonchev–Trinajstić information content (AvgIpc) is 3.12. The Hall–Kier alpha value is -0.660. The van der Waals surface area contributed by atoms with E-state index in [0.717, 1.165) is 19.3 Å². The second-order valence-electron chi connectivity index (χ2n) is 6.87. The van der Waals surface area contributed by atoms with E-state index < -0.39 is 0 Å². The summed E-state index contributed by atoms with van der Waals surface area (Å²) in [5.74, 6) is 2.67. The van der Waals surface area contributed by atoms with Crippen LogP contribution >= 0.6 is 0 Å². The Balaban J connectivity index is 1.75. The third-order valence-corrected chi connectivity index (χ3v) is 4.29. The Morgan fingerprint density at radius 1 is 1.06 bits per heavy atom. The minimum atomic E-state index is -0.193. The Morgan fingerprint density at radius 2 is 1.59 bits per heavy atom. The van der Waals surface area contributed by atoms with Crippen LogP contribution in [0.2, 0.25) is 0 Å². The zero-order valence-electron chi connectivity index (χ0n) is 11.5. The van der Waals surface area contributed by atoms with Gasteiger partial charge >= 0.3 is 0 Å². The normalized spacial score (nSPS) is 35.5. The highest BCUT2D eigenvalue weighted by molar-refractivity contribution is 5.88. The summed E-state index contributed by atoms with van der Waals surface area (Å²) in [6.45, 7) is 7.96. The lowest BCUT2D eigenvalue weighted by Crippen LogP contribution is -2.22. The summed E-state index contributed by atoms with van der Waals surface area (Å²) in [6.07, 6.45) is 3.94. The third kappa shape index (κ3) is 2.78.